The van der Waals surface area contributed by atoms with Gasteiger partial charge >= 0.3 is 0 Å². The predicted octanol–water partition coefficient (Wildman–Crippen LogP) is 3.37. The highest BCUT2D eigenvalue weighted by Gasteiger charge is 2.22. The molecule has 0 amide bonds. The summed E-state index contributed by atoms with van der Waals surface area (Å²) in [5.41, 5.74) is -0.999. The zero-order valence-corrected chi connectivity index (χ0v) is 13.3. The average molecular weight is 420 g/mol. The Hall–Kier alpha value is -1.69. The lowest BCUT2D eigenvalue weighted by molar-refractivity contribution is 0.285. The van der Waals surface area contributed by atoms with Gasteiger partial charge in [0.15, 0.2) is 23.3 Å². The van der Waals surface area contributed by atoms with Crippen LogP contribution in [-0.4, -0.2) is 11.7 Å². The minimum atomic E-state index is -1.55. The molecule has 1 rings (SSSR count). The van der Waals surface area contributed by atoms with Gasteiger partial charge in [0.1, 0.15) is 5.56 Å². The molecule has 1 aromatic rings. The Labute approximate surface area is 139 Å². The van der Waals surface area contributed by atoms with Crippen LogP contribution in [0.4, 0.5) is 17.6 Å². The van der Waals surface area contributed by atoms with Crippen molar-refractivity contribution >= 4 is 22.6 Å². The number of rotatable bonds is 3. The van der Waals surface area contributed by atoms with E-state index in [2.05, 4.69) is 29.6 Å². The Morgan fingerprint density at radius 1 is 0.818 bits per heavy atom. The number of aliphatic hydroxyl groups excluding tert-OH is 1. The number of aliphatic hydroxyl groups is 1. The maximum absolute atomic E-state index is 13.5. The number of hydrogen-bond donors (Lipinski definition) is 1. The number of halogens is 5. The van der Waals surface area contributed by atoms with Crippen LogP contribution in [0, 0.1) is 62.4 Å². The summed E-state index contributed by atoms with van der Waals surface area (Å²) >= 11 is 1.17. The van der Waals surface area contributed by atoms with E-state index in [4.69, 9.17) is 5.11 Å². The first-order valence-corrected chi connectivity index (χ1v) is 7.19. The lowest BCUT2D eigenvalue weighted by Crippen LogP contribution is -2.03. The van der Waals surface area contributed by atoms with E-state index in [-0.39, 0.29) is 6.61 Å². The van der Waals surface area contributed by atoms with E-state index in [1.165, 1.54) is 22.6 Å². The van der Waals surface area contributed by atoms with E-state index in [1.807, 2.05) is 5.92 Å². The van der Waals surface area contributed by atoms with Gasteiger partial charge in [0.05, 0.1) is 3.57 Å². The highest BCUT2D eigenvalue weighted by Crippen LogP contribution is 2.24. The van der Waals surface area contributed by atoms with Gasteiger partial charge in [0, 0.05) is 13.0 Å². The average Bonchev–Trinajstić information content (AvgIpc) is 2.52. The molecule has 0 unspecified atom stereocenters. The van der Waals surface area contributed by atoms with E-state index in [0.717, 1.165) is 6.42 Å². The molecule has 0 aliphatic heterocycles. The summed E-state index contributed by atoms with van der Waals surface area (Å²) in [6, 6.07) is 0. The fourth-order valence-electron chi connectivity index (χ4n) is 1.30. The van der Waals surface area contributed by atoms with Crippen molar-refractivity contribution < 1.29 is 22.7 Å². The molecule has 1 N–H and O–H groups in total. The molecule has 0 aliphatic rings. The summed E-state index contributed by atoms with van der Waals surface area (Å²) in [6.07, 6.45) is 1.93. The minimum absolute atomic E-state index is 0.0963. The number of hydrogen-bond acceptors (Lipinski definition) is 1. The van der Waals surface area contributed by atoms with E-state index in [1.54, 1.807) is 0 Å². The Bertz CT molecular complexity index is 710. The third-order valence-electron chi connectivity index (χ3n) is 2.38. The van der Waals surface area contributed by atoms with Crippen LogP contribution >= 0.6 is 22.6 Å². The van der Waals surface area contributed by atoms with Crippen LogP contribution in [0.1, 0.15) is 24.8 Å². The molecule has 0 fully saturated rings. The third-order valence-corrected chi connectivity index (χ3v) is 3.33. The first kappa shape index (κ1) is 18.4. The lowest BCUT2D eigenvalue weighted by Gasteiger charge is -2.03. The van der Waals surface area contributed by atoms with E-state index in [9.17, 15) is 17.6 Å². The molecular formula is C16H9F4IO. The summed E-state index contributed by atoms with van der Waals surface area (Å²) in [7, 11) is 0. The van der Waals surface area contributed by atoms with Gasteiger partial charge in [-0.2, -0.15) is 0 Å². The summed E-state index contributed by atoms with van der Waals surface area (Å²) in [5, 5.41) is 8.54. The van der Waals surface area contributed by atoms with Gasteiger partial charge in [0.2, 0.25) is 0 Å². The Morgan fingerprint density at radius 2 is 1.41 bits per heavy atom. The quantitative estimate of drug-likeness (QED) is 0.199. The molecule has 22 heavy (non-hydrogen) atoms. The molecule has 1 nitrogen and oxygen atoms in total. The van der Waals surface area contributed by atoms with Gasteiger partial charge in [0.25, 0.3) is 0 Å². The normalized spacial score (nSPS) is 9.00. The zero-order chi connectivity index (χ0) is 16.5. The smallest absolute Gasteiger partial charge is 0.178 e. The highest BCUT2D eigenvalue weighted by atomic mass is 127. The van der Waals surface area contributed by atoms with Crippen molar-refractivity contribution in [1.29, 1.82) is 0 Å². The van der Waals surface area contributed by atoms with Crippen LogP contribution in [0.2, 0.25) is 0 Å². The molecule has 6 heteroatoms. The maximum Gasteiger partial charge on any atom is 0.178 e. The van der Waals surface area contributed by atoms with E-state index < -0.39 is 32.4 Å². The van der Waals surface area contributed by atoms with Crippen molar-refractivity contribution in [2.24, 2.45) is 0 Å². The predicted molar refractivity (Wildman–Crippen MR) is 82.4 cm³/mol. The van der Waals surface area contributed by atoms with Gasteiger partial charge in [-0.3, -0.25) is 0 Å². The van der Waals surface area contributed by atoms with Crippen LogP contribution in [0.15, 0.2) is 0 Å². The summed E-state index contributed by atoms with van der Waals surface area (Å²) in [5.74, 6) is 7.67. The molecule has 1 aromatic carbocycles. The topological polar surface area (TPSA) is 20.2 Å². The Kier molecular flexibility index (Phi) is 7.80. The van der Waals surface area contributed by atoms with Crippen LogP contribution in [0.3, 0.4) is 0 Å². The molecule has 0 bridgehead atoms. The van der Waals surface area contributed by atoms with Crippen LogP contribution in [-0.2, 0) is 0 Å². The molecule has 0 heterocycles. The standard InChI is InChI=1S/C16H9F4IO/c17-12-11(13(18)15(20)16(21)14(12)19)9-7-5-3-1-2-4-6-8-10-22/h22H,4,6,8,10H2. The van der Waals surface area contributed by atoms with Crippen molar-refractivity contribution in [1.82, 2.24) is 0 Å². The van der Waals surface area contributed by atoms with Crippen LogP contribution in [0.5, 0.6) is 0 Å². The van der Waals surface area contributed by atoms with Crippen molar-refractivity contribution in [3.05, 3.63) is 32.4 Å². The highest BCUT2D eigenvalue weighted by molar-refractivity contribution is 14.1. The van der Waals surface area contributed by atoms with Gasteiger partial charge in [-0.1, -0.05) is 5.92 Å². The summed E-state index contributed by atoms with van der Waals surface area (Å²) in [4.78, 5) is 0. The molecule has 114 valence electrons. The fourth-order valence-corrected chi connectivity index (χ4v) is 1.78. The van der Waals surface area contributed by atoms with Gasteiger partial charge in [-0.15, -0.1) is 0 Å². The van der Waals surface area contributed by atoms with Crippen LogP contribution in [0.25, 0.3) is 0 Å². The van der Waals surface area contributed by atoms with Crippen molar-refractivity contribution in [2.75, 3.05) is 6.61 Å². The number of benzene rings is 1. The van der Waals surface area contributed by atoms with Gasteiger partial charge in [-0.05, 0) is 65.0 Å². The Balaban J connectivity index is 2.87. The van der Waals surface area contributed by atoms with Gasteiger partial charge < -0.3 is 5.11 Å². The first-order valence-electron chi connectivity index (χ1n) is 6.11. The second-order valence-electron chi connectivity index (χ2n) is 3.93. The zero-order valence-electron chi connectivity index (χ0n) is 11.2. The molecule has 0 aromatic heterocycles. The largest absolute Gasteiger partial charge is 0.396 e. The molecule has 0 atom stereocenters. The summed E-state index contributed by atoms with van der Waals surface area (Å²) < 4.78 is 52.7. The molecule has 0 aliphatic carbocycles. The summed E-state index contributed by atoms with van der Waals surface area (Å²) in [6.45, 7) is 0.0963. The monoisotopic (exact) mass is 420 g/mol. The SMILES string of the molecule is OCCCCC#CC#CC#Cc1c(F)c(F)c(I)c(F)c1F. The second-order valence-corrected chi connectivity index (χ2v) is 5.01. The lowest BCUT2D eigenvalue weighted by atomic mass is 10.2. The molecule has 0 radical (unpaired) electrons. The third kappa shape index (κ3) is 4.94. The number of unbranched alkanes of at least 4 members (excludes halogenated alkanes) is 2. The fraction of sp³-hybridized carbons (Fsp3) is 0.250. The van der Waals surface area contributed by atoms with Crippen molar-refractivity contribution in [3.8, 4) is 35.5 Å². The molecule has 0 saturated carbocycles. The molecule has 0 spiro atoms. The molecular weight excluding hydrogens is 411 g/mol. The second kappa shape index (κ2) is 9.35. The van der Waals surface area contributed by atoms with Gasteiger partial charge in [-0.25, -0.2) is 17.6 Å². The van der Waals surface area contributed by atoms with Crippen molar-refractivity contribution in [2.45, 2.75) is 19.3 Å². The van der Waals surface area contributed by atoms with E-state index in [0.29, 0.717) is 12.8 Å². The maximum atomic E-state index is 13.5. The Morgan fingerprint density at radius 3 is 2.00 bits per heavy atom. The van der Waals surface area contributed by atoms with Crippen LogP contribution < -0.4 is 0 Å². The first-order chi connectivity index (χ1) is 10.5. The van der Waals surface area contributed by atoms with Crippen molar-refractivity contribution in [3.63, 3.8) is 0 Å². The minimum Gasteiger partial charge on any atom is -0.396 e. The van der Waals surface area contributed by atoms with E-state index >= 15 is 0 Å². The molecule has 0 saturated heterocycles.